The first-order chi connectivity index (χ1) is 10.8. The molecule has 1 fully saturated rings. The van der Waals surface area contributed by atoms with Gasteiger partial charge in [0.05, 0.1) is 25.3 Å². The highest BCUT2D eigenvalue weighted by molar-refractivity contribution is 5.83. The molecule has 9 heteroatoms. The van der Waals surface area contributed by atoms with E-state index in [0.717, 1.165) is 6.07 Å². The van der Waals surface area contributed by atoms with Crippen LogP contribution in [-0.2, 0) is 26.9 Å². The van der Waals surface area contributed by atoms with Crippen molar-refractivity contribution >= 4 is 11.8 Å². The number of ether oxygens (including phenoxy) is 1. The molecule has 0 aliphatic carbocycles. The lowest BCUT2D eigenvalue weighted by atomic mass is 10.2. The number of morpholine rings is 1. The normalized spacial score (nSPS) is 18.6. The molecule has 2 heterocycles. The monoisotopic (exact) mass is 331 g/mol. The molecule has 0 saturated carbocycles. The van der Waals surface area contributed by atoms with Crippen molar-refractivity contribution in [1.29, 1.82) is 0 Å². The van der Waals surface area contributed by atoms with Gasteiger partial charge in [-0.3, -0.25) is 9.59 Å². The number of carbonyl (C=O) groups excluding carboxylic acids is 2. The van der Waals surface area contributed by atoms with Crippen LogP contribution >= 0.6 is 0 Å². The highest BCUT2D eigenvalue weighted by Crippen LogP contribution is 2.27. The Balaban J connectivity index is 2.03. The molecule has 1 aliphatic rings. The number of aromatic nitrogens is 1. The van der Waals surface area contributed by atoms with E-state index in [1.807, 2.05) is 0 Å². The van der Waals surface area contributed by atoms with Crippen LogP contribution in [0.2, 0.25) is 0 Å². The molecular formula is C14H16F3N3O3. The molecule has 0 spiro atoms. The van der Waals surface area contributed by atoms with Gasteiger partial charge < -0.3 is 15.0 Å². The van der Waals surface area contributed by atoms with Gasteiger partial charge >= 0.3 is 6.18 Å². The van der Waals surface area contributed by atoms with Gasteiger partial charge in [-0.25, -0.2) is 4.98 Å². The van der Waals surface area contributed by atoms with Crippen molar-refractivity contribution in [2.75, 3.05) is 26.7 Å². The van der Waals surface area contributed by atoms with Gasteiger partial charge in [0.25, 0.3) is 5.91 Å². The van der Waals surface area contributed by atoms with Crippen LogP contribution in [-0.4, -0.2) is 54.5 Å². The minimum absolute atomic E-state index is 0.0350. The Kier molecular flexibility index (Phi) is 5.19. The van der Waals surface area contributed by atoms with Crippen molar-refractivity contribution < 1.29 is 27.5 Å². The van der Waals surface area contributed by atoms with Gasteiger partial charge in [-0.15, -0.1) is 0 Å². The maximum atomic E-state index is 12.6. The van der Waals surface area contributed by atoms with E-state index in [4.69, 9.17) is 4.74 Å². The summed E-state index contributed by atoms with van der Waals surface area (Å²) >= 11 is 0. The molecular weight excluding hydrogens is 315 g/mol. The van der Waals surface area contributed by atoms with E-state index in [0.29, 0.717) is 0 Å². The van der Waals surface area contributed by atoms with E-state index in [1.54, 1.807) is 0 Å². The summed E-state index contributed by atoms with van der Waals surface area (Å²) in [6, 6.07) is 3.43. The van der Waals surface area contributed by atoms with Crippen molar-refractivity contribution in [3.63, 3.8) is 0 Å². The lowest BCUT2D eigenvalue weighted by Crippen LogP contribution is -2.51. The molecule has 6 nitrogen and oxygen atoms in total. The molecule has 1 unspecified atom stereocenters. The number of amides is 2. The fourth-order valence-corrected chi connectivity index (χ4v) is 2.20. The summed E-state index contributed by atoms with van der Waals surface area (Å²) in [5, 5.41) is 2.43. The summed E-state index contributed by atoms with van der Waals surface area (Å²) < 4.78 is 43.1. The Labute approximate surface area is 130 Å². The number of nitrogens with zero attached hydrogens (tertiary/aromatic N) is 2. The van der Waals surface area contributed by atoms with Crippen LogP contribution < -0.4 is 5.32 Å². The fraction of sp³-hybridized carbons (Fsp3) is 0.500. The number of hydrogen-bond donors (Lipinski definition) is 1. The van der Waals surface area contributed by atoms with Gasteiger partial charge in [-0.05, 0) is 12.1 Å². The van der Waals surface area contributed by atoms with Crippen LogP contribution in [0.25, 0.3) is 0 Å². The van der Waals surface area contributed by atoms with Crippen molar-refractivity contribution in [1.82, 2.24) is 15.2 Å². The number of halogens is 3. The average molecular weight is 331 g/mol. The first kappa shape index (κ1) is 17.2. The third-order valence-corrected chi connectivity index (χ3v) is 3.39. The molecule has 1 aromatic rings. The van der Waals surface area contributed by atoms with Crippen LogP contribution in [0.3, 0.4) is 0 Å². The van der Waals surface area contributed by atoms with Crippen molar-refractivity contribution in [3.8, 4) is 0 Å². The molecule has 0 radical (unpaired) electrons. The van der Waals surface area contributed by atoms with Gasteiger partial charge in [0.1, 0.15) is 5.69 Å². The van der Waals surface area contributed by atoms with Crippen LogP contribution in [0.1, 0.15) is 11.4 Å². The predicted octanol–water partition coefficient (Wildman–Crippen LogP) is 0.616. The number of rotatable bonds is 3. The maximum absolute atomic E-state index is 12.6. The molecule has 0 bridgehead atoms. The quantitative estimate of drug-likeness (QED) is 0.881. The van der Waals surface area contributed by atoms with Crippen molar-refractivity contribution in [2.45, 2.75) is 18.7 Å². The Morgan fingerprint density at radius 2 is 2.17 bits per heavy atom. The van der Waals surface area contributed by atoms with E-state index in [-0.39, 0.29) is 37.7 Å². The second kappa shape index (κ2) is 6.95. The van der Waals surface area contributed by atoms with Crippen molar-refractivity contribution in [2.24, 2.45) is 0 Å². The second-order valence-corrected chi connectivity index (χ2v) is 5.00. The minimum Gasteiger partial charge on any atom is -0.365 e. The Hall–Kier alpha value is -2.16. The van der Waals surface area contributed by atoms with E-state index in [1.165, 1.54) is 24.1 Å². The highest BCUT2D eigenvalue weighted by atomic mass is 19.4. The zero-order valence-corrected chi connectivity index (χ0v) is 12.4. The minimum atomic E-state index is -4.55. The van der Waals surface area contributed by atoms with Crippen LogP contribution in [0.5, 0.6) is 0 Å². The highest BCUT2D eigenvalue weighted by Gasteiger charge is 2.33. The van der Waals surface area contributed by atoms with Gasteiger partial charge in [0.2, 0.25) is 5.91 Å². The maximum Gasteiger partial charge on any atom is 0.433 e. The standard InChI is InChI=1S/C14H16F3N3O3/c1-18-13(22)10-8-20(5-6-23-10)12(21)7-9-3-2-4-11(19-9)14(15,16)17/h2-4,10H,5-8H2,1H3,(H,18,22). The zero-order valence-electron chi connectivity index (χ0n) is 12.4. The fourth-order valence-electron chi connectivity index (χ4n) is 2.20. The van der Waals surface area contributed by atoms with E-state index >= 15 is 0 Å². The number of carbonyl (C=O) groups is 2. The number of hydrogen-bond acceptors (Lipinski definition) is 4. The SMILES string of the molecule is CNC(=O)C1CN(C(=O)Cc2cccc(C(F)(F)F)n2)CCO1. The smallest absolute Gasteiger partial charge is 0.365 e. The molecule has 1 aromatic heterocycles. The molecule has 23 heavy (non-hydrogen) atoms. The first-order valence-corrected chi connectivity index (χ1v) is 6.95. The third kappa shape index (κ3) is 4.41. The van der Waals surface area contributed by atoms with Crippen molar-refractivity contribution in [3.05, 3.63) is 29.6 Å². The van der Waals surface area contributed by atoms with E-state index < -0.39 is 23.9 Å². The molecule has 1 N–H and O–H groups in total. The van der Waals surface area contributed by atoms with E-state index in [9.17, 15) is 22.8 Å². The second-order valence-electron chi connectivity index (χ2n) is 5.00. The van der Waals surface area contributed by atoms with Gasteiger partial charge in [-0.1, -0.05) is 6.07 Å². The summed E-state index contributed by atoms with van der Waals surface area (Å²) in [4.78, 5) is 28.6. The lowest BCUT2D eigenvalue weighted by Gasteiger charge is -2.32. The summed E-state index contributed by atoms with van der Waals surface area (Å²) in [7, 11) is 1.46. The number of alkyl halides is 3. The molecule has 2 rings (SSSR count). The lowest BCUT2D eigenvalue weighted by molar-refractivity contribution is -0.147. The van der Waals surface area contributed by atoms with Gasteiger partial charge in [0.15, 0.2) is 6.10 Å². The first-order valence-electron chi connectivity index (χ1n) is 6.95. The predicted molar refractivity (Wildman–Crippen MR) is 73.3 cm³/mol. The van der Waals surface area contributed by atoms with Gasteiger partial charge in [0, 0.05) is 13.6 Å². The molecule has 2 amide bonds. The molecule has 0 aromatic carbocycles. The molecule has 1 aliphatic heterocycles. The summed E-state index contributed by atoms with van der Waals surface area (Å²) in [6.45, 7) is 0.544. The number of nitrogens with one attached hydrogen (secondary N) is 1. The average Bonchev–Trinajstić information content (AvgIpc) is 2.53. The van der Waals surface area contributed by atoms with Crippen LogP contribution in [0.4, 0.5) is 13.2 Å². The molecule has 1 saturated heterocycles. The summed E-state index contributed by atoms with van der Waals surface area (Å²) in [5.41, 5.74) is -0.999. The molecule has 126 valence electrons. The Bertz CT molecular complexity index is 592. The topological polar surface area (TPSA) is 71.5 Å². The summed E-state index contributed by atoms with van der Waals surface area (Å²) in [5.74, 6) is -0.742. The van der Waals surface area contributed by atoms with Crippen LogP contribution in [0, 0.1) is 0 Å². The Morgan fingerprint density at radius 1 is 1.43 bits per heavy atom. The number of likely N-dealkylation sites (N-methyl/N-ethyl adjacent to an activating group) is 1. The van der Waals surface area contributed by atoms with Gasteiger partial charge in [-0.2, -0.15) is 13.2 Å². The van der Waals surface area contributed by atoms with Crippen LogP contribution in [0.15, 0.2) is 18.2 Å². The Morgan fingerprint density at radius 3 is 2.83 bits per heavy atom. The summed E-state index contributed by atoms with van der Waals surface area (Å²) in [6.07, 6.45) is -5.58. The van der Waals surface area contributed by atoms with E-state index in [2.05, 4.69) is 10.3 Å². The largest absolute Gasteiger partial charge is 0.433 e. The number of pyridine rings is 1. The third-order valence-electron chi connectivity index (χ3n) is 3.39. The zero-order chi connectivity index (χ0) is 17.0. The molecule has 1 atom stereocenters.